The van der Waals surface area contributed by atoms with Crippen molar-refractivity contribution in [1.82, 2.24) is 14.8 Å². The lowest BCUT2D eigenvalue weighted by atomic mass is 10.3. The van der Waals surface area contributed by atoms with Gasteiger partial charge in [0.25, 0.3) is 5.91 Å². The molecule has 0 unspecified atom stereocenters. The molecule has 0 radical (unpaired) electrons. The number of nitrogens with zero attached hydrogens (tertiary/aromatic N) is 3. The van der Waals surface area contributed by atoms with Gasteiger partial charge in [0.2, 0.25) is 0 Å². The van der Waals surface area contributed by atoms with Crippen molar-refractivity contribution >= 4 is 45.1 Å². The summed E-state index contributed by atoms with van der Waals surface area (Å²) < 4.78 is 0.881. The number of amides is 3. The molecule has 3 rings (SSSR count). The Morgan fingerprint density at radius 2 is 2.26 bits per heavy atom. The maximum absolute atomic E-state index is 11.8. The second-order valence-corrected chi connectivity index (χ2v) is 5.88. The molecule has 0 spiro atoms. The van der Waals surface area contributed by atoms with E-state index in [9.17, 15) is 9.59 Å². The molecule has 98 valence electrons. The van der Waals surface area contributed by atoms with Crippen LogP contribution in [0.25, 0.3) is 10.2 Å². The highest BCUT2D eigenvalue weighted by Crippen LogP contribution is 2.31. The predicted octanol–water partition coefficient (Wildman–Crippen LogP) is 2.34. The smallest absolute Gasteiger partial charge is 0.318 e. The van der Waals surface area contributed by atoms with Crippen LogP contribution in [0.5, 0.6) is 0 Å². The summed E-state index contributed by atoms with van der Waals surface area (Å²) in [7, 11) is 1.61. The molecular formula is C12H10ClN3O2S. The molecule has 0 aromatic carbocycles. The highest BCUT2D eigenvalue weighted by Gasteiger charge is 2.33. The van der Waals surface area contributed by atoms with Gasteiger partial charge in [-0.25, -0.2) is 4.79 Å². The standard InChI is InChI=1S/C12H10ClN3O2S/c1-15-6-10(17)16(12(15)18)5-7-4-9-11(19-7)8(13)2-3-14-9/h2-4H,5-6H2,1H3. The molecule has 3 amide bonds. The van der Waals surface area contributed by atoms with Crippen molar-refractivity contribution in [1.29, 1.82) is 0 Å². The second-order valence-electron chi connectivity index (χ2n) is 4.34. The first-order valence-electron chi connectivity index (χ1n) is 5.64. The van der Waals surface area contributed by atoms with Crippen LogP contribution in [-0.2, 0) is 11.3 Å². The van der Waals surface area contributed by atoms with E-state index in [1.807, 2.05) is 6.07 Å². The van der Waals surface area contributed by atoms with Crippen LogP contribution in [0, 0.1) is 0 Å². The highest BCUT2D eigenvalue weighted by atomic mass is 35.5. The Balaban J connectivity index is 1.92. The summed E-state index contributed by atoms with van der Waals surface area (Å²) >= 11 is 7.54. The number of hydrogen-bond donors (Lipinski definition) is 0. The van der Waals surface area contributed by atoms with Gasteiger partial charge in [0.1, 0.15) is 6.54 Å². The average Bonchev–Trinajstić information content (AvgIpc) is 2.88. The SMILES string of the molecule is CN1CC(=O)N(Cc2cc3nccc(Cl)c3s2)C1=O. The molecule has 1 saturated heterocycles. The quantitative estimate of drug-likeness (QED) is 0.799. The minimum Gasteiger partial charge on any atom is -0.318 e. The summed E-state index contributed by atoms with van der Waals surface area (Å²) in [5.74, 6) is -0.177. The zero-order chi connectivity index (χ0) is 13.6. The van der Waals surface area contributed by atoms with Crippen LogP contribution in [0.1, 0.15) is 4.88 Å². The third-order valence-electron chi connectivity index (χ3n) is 2.96. The first-order chi connectivity index (χ1) is 9.06. The fourth-order valence-corrected chi connectivity index (χ4v) is 3.29. The number of aromatic nitrogens is 1. The summed E-state index contributed by atoms with van der Waals surface area (Å²) in [6.45, 7) is 0.419. The summed E-state index contributed by atoms with van der Waals surface area (Å²) in [5.41, 5.74) is 0.792. The van der Waals surface area contributed by atoms with Gasteiger partial charge >= 0.3 is 6.03 Å². The van der Waals surface area contributed by atoms with Gasteiger partial charge in [0.05, 0.1) is 21.8 Å². The molecule has 2 aromatic heterocycles. The number of fused-ring (bicyclic) bond motifs is 1. The van der Waals surface area contributed by atoms with Crippen LogP contribution in [-0.4, -0.2) is 40.3 Å². The Morgan fingerprint density at radius 1 is 1.47 bits per heavy atom. The van der Waals surface area contributed by atoms with E-state index >= 15 is 0 Å². The molecule has 0 bridgehead atoms. The largest absolute Gasteiger partial charge is 0.327 e. The van der Waals surface area contributed by atoms with Crippen molar-refractivity contribution in [2.24, 2.45) is 0 Å². The predicted molar refractivity (Wildman–Crippen MR) is 73.2 cm³/mol. The highest BCUT2D eigenvalue weighted by molar-refractivity contribution is 7.19. The summed E-state index contributed by atoms with van der Waals surface area (Å²) in [4.78, 5) is 31.3. The Kier molecular flexibility index (Phi) is 2.91. The maximum Gasteiger partial charge on any atom is 0.327 e. The van der Waals surface area contributed by atoms with E-state index in [0.29, 0.717) is 5.02 Å². The third kappa shape index (κ3) is 2.06. The lowest BCUT2D eigenvalue weighted by Gasteiger charge is -2.12. The van der Waals surface area contributed by atoms with E-state index in [0.717, 1.165) is 15.1 Å². The first kappa shape index (κ1) is 12.4. The molecule has 3 heterocycles. The van der Waals surface area contributed by atoms with Gasteiger partial charge in [0.15, 0.2) is 0 Å². The van der Waals surface area contributed by atoms with Crippen LogP contribution < -0.4 is 0 Å². The van der Waals surface area contributed by atoms with E-state index in [1.165, 1.54) is 21.1 Å². The molecule has 1 aliphatic rings. The normalized spacial score (nSPS) is 15.9. The molecule has 0 saturated carbocycles. The van der Waals surface area contributed by atoms with E-state index in [1.54, 1.807) is 19.3 Å². The molecule has 5 nitrogen and oxygen atoms in total. The number of likely N-dealkylation sites (N-methyl/N-ethyl adjacent to an activating group) is 1. The average molecular weight is 296 g/mol. The second kappa shape index (κ2) is 4.47. The van der Waals surface area contributed by atoms with Gasteiger partial charge in [-0.15, -0.1) is 11.3 Å². The van der Waals surface area contributed by atoms with Crippen molar-refractivity contribution in [2.45, 2.75) is 6.54 Å². The Hall–Kier alpha value is -1.66. The van der Waals surface area contributed by atoms with Crippen LogP contribution in [0.4, 0.5) is 4.79 Å². The summed E-state index contributed by atoms with van der Waals surface area (Å²) in [6, 6.07) is 3.33. The minimum absolute atomic E-state index is 0.142. The lowest BCUT2D eigenvalue weighted by Crippen LogP contribution is -2.30. The van der Waals surface area contributed by atoms with Crippen molar-refractivity contribution in [2.75, 3.05) is 13.6 Å². The molecule has 0 aliphatic carbocycles. The van der Waals surface area contributed by atoms with Gasteiger partial charge in [-0.05, 0) is 12.1 Å². The fourth-order valence-electron chi connectivity index (χ4n) is 2.01. The van der Waals surface area contributed by atoms with E-state index < -0.39 is 0 Å². The monoisotopic (exact) mass is 295 g/mol. The zero-order valence-electron chi connectivity index (χ0n) is 10.1. The van der Waals surface area contributed by atoms with Crippen molar-refractivity contribution in [3.8, 4) is 0 Å². The molecule has 0 N–H and O–H groups in total. The minimum atomic E-state index is -0.262. The van der Waals surface area contributed by atoms with Crippen LogP contribution in [0.15, 0.2) is 18.3 Å². The van der Waals surface area contributed by atoms with Crippen LogP contribution in [0.3, 0.4) is 0 Å². The molecule has 0 atom stereocenters. The van der Waals surface area contributed by atoms with Crippen molar-refractivity contribution in [3.63, 3.8) is 0 Å². The molecule has 7 heteroatoms. The Labute approximate surface area is 118 Å². The van der Waals surface area contributed by atoms with Gasteiger partial charge < -0.3 is 4.90 Å². The number of thiophene rings is 1. The number of imide groups is 1. The molecule has 1 aliphatic heterocycles. The van der Waals surface area contributed by atoms with Gasteiger partial charge in [-0.1, -0.05) is 11.6 Å². The first-order valence-corrected chi connectivity index (χ1v) is 6.84. The number of rotatable bonds is 2. The number of carbonyl (C=O) groups is 2. The van der Waals surface area contributed by atoms with Crippen LogP contribution >= 0.6 is 22.9 Å². The molecule has 1 fully saturated rings. The fraction of sp³-hybridized carbons (Fsp3) is 0.250. The summed E-state index contributed by atoms with van der Waals surface area (Å²) in [5, 5.41) is 0.637. The molecular weight excluding hydrogens is 286 g/mol. The van der Waals surface area contributed by atoms with Gasteiger partial charge in [-0.3, -0.25) is 14.7 Å². The topological polar surface area (TPSA) is 53.5 Å². The van der Waals surface area contributed by atoms with Crippen LogP contribution in [0.2, 0.25) is 5.02 Å². The van der Waals surface area contributed by atoms with Gasteiger partial charge in [-0.2, -0.15) is 0 Å². The number of urea groups is 1. The van der Waals surface area contributed by atoms with Gasteiger partial charge in [0, 0.05) is 18.1 Å². The van der Waals surface area contributed by atoms with E-state index in [2.05, 4.69) is 4.98 Å². The number of hydrogen-bond acceptors (Lipinski definition) is 4. The Morgan fingerprint density at radius 3 is 2.89 bits per heavy atom. The molecule has 19 heavy (non-hydrogen) atoms. The number of halogens is 1. The molecule has 2 aromatic rings. The van der Waals surface area contributed by atoms with E-state index in [4.69, 9.17) is 11.6 Å². The zero-order valence-corrected chi connectivity index (χ0v) is 11.7. The lowest BCUT2D eigenvalue weighted by molar-refractivity contribution is -0.125. The van der Waals surface area contributed by atoms with Crippen molar-refractivity contribution in [3.05, 3.63) is 28.2 Å². The number of carbonyl (C=O) groups excluding carboxylic acids is 2. The van der Waals surface area contributed by atoms with Crippen molar-refractivity contribution < 1.29 is 9.59 Å². The number of pyridine rings is 1. The third-order valence-corrected chi connectivity index (χ3v) is 4.53. The summed E-state index contributed by atoms with van der Waals surface area (Å²) in [6.07, 6.45) is 1.64. The Bertz CT molecular complexity index is 685. The maximum atomic E-state index is 11.8. The van der Waals surface area contributed by atoms with E-state index in [-0.39, 0.29) is 25.0 Å².